The van der Waals surface area contributed by atoms with E-state index in [0.717, 1.165) is 15.6 Å². The maximum Gasteiger partial charge on any atom is 0.277 e. The molecule has 0 fully saturated rings. The van der Waals surface area contributed by atoms with Crippen molar-refractivity contribution in [1.29, 1.82) is 0 Å². The molecule has 25 heavy (non-hydrogen) atoms. The molecular formula is C15H14N4O4S2. The van der Waals surface area contributed by atoms with Crippen molar-refractivity contribution in [2.75, 3.05) is 12.4 Å². The third-order valence-corrected chi connectivity index (χ3v) is 4.95. The van der Waals surface area contributed by atoms with Gasteiger partial charge in [-0.25, -0.2) is 4.98 Å². The minimum Gasteiger partial charge on any atom is -0.492 e. The normalized spacial score (nSPS) is 10.8. The Morgan fingerprint density at radius 1 is 1.36 bits per heavy atom. The second-order valence-electron chi connectivity index (χ2n) is 4.97. The van der Waals surface area contributed by atoms with Crippen LogP contribution in [0.5, 0.6) is 5.75 Å². The third kappa shape index (κ3) is 4.34. The number of thiazole rings is 1. The van der Waals surface area contributed by atoms with Gasteiger partial charge in [-0.1, -0.05) is 17.8 Å². The van der Waals surface area contributed by atoms with E-state index in [1.165, 1.54) is 35.2 Å². The highest BCUT2D eigenvalue weighted by Gasteiger charge is 2.15. The SMILES string of the molecule is Cc1nc(C)c(-c2nnc(SCCOc3cccc([N+](=O)[O-])c3)o2)s1. The van der Waals surface area contributed by atoms with Gasteiger partial charge in [0.05, 0.1) is 28.3 Å². The fourth-order valence-electron chi connectivity index (χ4n) is 2.06. The first kappa shape index (κ1) is 17.4. The summed E-state index contributed by atoms with van der Waals surface area (Å²) in [6.07, 6.45) is 0. The van der Waals surface area contributed by atoms with Crippen molar-refractivity contribution in [3.8, 4) is 16.5 Å². The summed E-state index contributed by atoms with van der Waals surface area (Å²) in [6, 6.07) is 6.08. The summed E-state index contributed by atoms with van der Waals surface area (Å²) in [7, 11) is 0. The average molecular weight is 378 g/mol. The number of aryl methyl sites for hydroxylation is 2. The number of thioether (sulfide) groups is 1. The lowest BCUT2D eigenvalue weighted by Gasteiger charge is -2.04. The van der Waals surface area contributed by atoms with Crippen LogP contribution in [-0.4, -0.2) is 32.5 Å². The maximum absolute atomic E-state index is 10.7. The van der Waals surface area contributed by atoms with Gasteiger partial charge in [-0.2, -0.15) is 0 Å². The zero-order chi connectivity index (χ0) is 17.8. The van der Waals surface area contributed by atoms with E-state index < -0.39 is 4.92 Å². The zero-order valence-electron chi connectivity index (χ0n) is 13.5. The molecule has 3 rings (SSSR count). The molecule has 0 radical (unpaired) electrons. The molecule has 0 bridgehead atoms. The lowest BCUT2D eigenvalue weighted by Crippen LogP contribution is -2.00. The van der Waals surface area contributed by atoms with Crippen LogP contribution in [-0.2, 0) is 0 Å². The molecule has 0 aliphatic rings. The van der Waals surface area contributed by atoms with Gasteiger partial charge in [-0.05, 0) is 19.9 Å². The number of nitro benzene ring substituents is 1. The van der Waals surface area contributed by atoms with Gasteiger partial charge >= 0.3 is 0 Å². The van der Waals surface area contributed by atoms with E-state index in [-0.39, 0.29) is 5.69 Å². The third-order valence-electron chi connectivity index (χ3n) is 3.11. The lowest BCUT2D eigenvalue weighted by atomic mass is 10.3. The quantitative estimate of drug-likeness (QED) is 0.264. The van der Waals surface area contributed by atoms with Crippen molar-refractivity contribution in [3.05, 3.63) is 45.1 Å². The van der Waals surface area contributed by atoms with E-state index in [0.29, 0.717) is 29.2 Å². The summed E-state index contributed by atoms with van der Waals surface area (Å²) < 4.78 is 11.1. The smallest absolute Gasteiger partial charge is 0.277 e. The highest BCUT2D eigenvalue weighted by atomic mass is 32.2. The van der Waals surface area contributed by atoms with Crippen LogP contribution in [0, 0.1) is 24.0 Å². The number of hydrogen-bond donors (Lipinski definition) is 0. The maximum atomic E-state index is 10.7. The molecule has 3 aromatic rings. The van der Waals surface area contributed by atoms with Crippen LogP contribution < -0.4 is 4.74 Å². The second kappa shape index (κ2) is 7.62. The average Bonchev–Trinajstić information content (AvgIpc) is 3.18. The van der Waals surface area contributed by atoms with Gasteiger partial charge < -0.3 is 9.15 Å². The highest BCUT2D eigenvalue weighted by molar-refractivity contribution is 7.99. The number of non-ortho nitro benzene ring substituents is 1. The fraction of sp³-hybridized carbons (Fsp3) is 0.267. The van der Waals surface area contributed by atoms with E-state index in [1.54, 1.807) is 12.1 Å². The Hall–Kier alpha value is -2.46. The molecule has 0 atom stereocenters. The van der Waals surface area contributed by atoms with Gasteiger partial charge in [0, 0.05) is 11.8 Å². The largest absolute Gasteiger partial charge is 0.492 e. The number of hydrogen-bond acceptors (Lipinski definition) is 9. The van der Waals surface area contributed by atoms with Crippen molar-refractivity contribution >= 4 is 28.8 Å². The molecule has 0 unspecified atom stereocenters. The molecule has 0 N–H and O–H groups in total. The molecule has 0 aliphatic heterocycles. The number of benzene rings is 1. The summed E-state index contributed by atoms with van der Waals surface area (Å²) in [4.78, 5) is 15.5. The van der Waals surface area contributed by atoms with Crippen LogP contribution in [0.1, 0.15) is 10.7 Å². The summed E-state index contributed by atoms with van der Waals surface area (Å²) in [5.41, 5.74) is 0.874. The van der Waals surface area contributed by atoms with Crippen LogP contribution in [0.2, 0.25) is 0 Å². The minimum atomic E-state index is -0.454. The van der Waals surface area contributed by atoms with Crippen LogP contribution in [0.3, 0.4) is 0 Å². The molecule has 0 spiro atoms. The Bertz CT molecular complexity index is 893. The molecule has 0 amide bonds. The fourth-order valence-corrected chi connectivity index (χ4v) is 3.48. The molecule has 8 nitrogen and oxygen atoms in total. The Labute approximate surface area is 151 Å². The van der Waals surface area contributed by atoms with Crippen molar-refractivity contribution in [2.45, 2.75) is 19.1 Å². The van der Waals surface area contributed by atoms with Crippen LogP contribution in [0.25, 0.3) is 10.8 Å². The molecule has 0 aliphatic carbocycles. The van der Waals surface area contributed by atoms with Crippen molar-refractivity contribution in [1.82, 2.24) is 15.2 Å². The molecular weight excluding hydrogens is 364 g/mol. The summed E-state index contributed by atoms with van der Waals surface area (Å²) in [5.74, 6) is 1.49. The zero-order valence-corrected chi connectivity index (χ0v) is 15.1. The first-order chi connectivity index (χ1) is 12.0. The van der Waals surface area contributed by atoms with Crippen LogP contribution >= 0.6 is 23.1 Å². The van der Waals surface area contributed by atoms with Gasteiger partial charge in [0.25, 0.3) is 16.8 Å². The molecule has 2 heterocycles. The van der Waals surface area contributed by atoms with Crippen molar-refractivity contribution in [2.24, 2.45) is 0 Å². The molecule has 0 saturated heterocycles. The number of nitrogens with zero attached hydrogens (tertiary/aromatic N) is 4. The molecule has 0 saturated carbocycles. The van der Waals surface area contributed by atoms with Crippen LogP contribution in [0.4, 0.5) is 5.69 Å². The predicted octanol–water partition coefficient (Wildman–Crippen LogP) is 3.89. The Morgan fingerprint density at radius 3 is 2.92 bits per heavy atom. The number of aromatic nitrogens is 3. The number of ether oxygens (including phenoxy) is 1. The van der Waals surface area contributed by atoms with E-state index >= 15 is 0 Å². The van der Waals surface area contributed by atoms with Gasteiger partial charge in [-0.15, -0.1) is 21.5 Å². The lowest BCUT2D eigenvalue weighted by molar-refractivity contribution is -0.384. The Balaban J connectivity index is 1.52. The summed E-state index contributed by atoms with van der Waals surface area (Å²) in [5, 5.41) is 20.2. The van der Waals surface area contributed by atoms with Gasteiger partial charge in [0.15, 0.2) is 0 Å². The Morgan fingerprint density at radius 2 is 2.20 bits per heavy atom. The molecule has 130 valence electrons. The van der Waals surface area contributed by atoms with Gasteiger partial charge in [0.2, 0.25) is 0 Å². The number of rotatable bonds is 7. The highest BCUT2D eigenvalue weighted by Crippen LogP contribution is 2.30. The van der Waals surface area contributed by atoms with E-state index in [2.05, 4.69) is 15.2 Å². The topological polar surface area (TPSA) is 104 Å². The van der Waals surface area contributed by atoms with Gasteiger partial charge in [0.1, 0.15) is 10.6 Å². The van der Waals surface area contributed by atoms with Gasteiger partial charge in [-0.3, -0.25) is 10.1 Å². The summed E-state index contributed by atoms with van der Waals surface area (Å²) >= 11 is 2.88. The van der Waals surface area contributed by atoms with Crippen molar-refractivity contribution < 1.29 is 14.1 Å². The standard InChI is InChI=1S/C15H14N4O4S2/c1-9-13(25-10(2)16-9)14-17-18-15(23-14)24-7-6-22-12-5-3-4-11(8-12)19(20)21/h3-5,8H,6-7H2,1-2H3. The molecule has 10 heteroatoms. The Kier molecular flexibility index (Phi) is 5.29. The molecule has 2 aromatic heterocycles. The predicted molar refractivity (Wildman–Crippen MR) is 94.2 cm³/mol. The van der Waals surface area contributed by atoms with E-state index in [9.17, 15) is 10.1 Å². The summed E-state index contributed by atoms with van der Waals surface area (Å²) in [6.45, 7) is 4.20. The van der Waals surface area contributed by atoms with Crippen LogP contribution in [0.15, 0.2) is 33.9 Å². The van der Waals surface area contributed by atoms with Crippen molar-refractivity contribution in [3.63, 3.8) is 0 Å². The first-order valence-electron chi connectivity index (χ1n) is 7.31. The molecule has 1 aromatic carbocycles. The second-order valence-corrected chi connectivity index (χ2v) is 7.22. The number of nitro groups is 1. The monoisotopic (exact) mass is 378 g/mol. The van der Waals surface area contributed by atoms with E-state index in [4.69, 9.17) is 9.15 Å². The first-order valence-corrected chi connectivity index (χ1v) is 9.11. The van der Waals surface area contributed by atoms with E-state index in [1.807, 2.05) is 13.8 Å². The minimum absolute atomic E-state index is 0.00177.